The molecule has 0 unspecified atom stereocenters. The molecule has 90 valence electrons. The second-order valence-corrected chi connectivity index (χ2v) is 3.37. The molecule has 0 aromatic carbocycles. The number of rotatable bonds is 4. The van der Waals surface area contributed by atoms with Crippen LogP contribution in [0.25, 0.3) is 0 Å². The summed E-state index contributed by atoms with van der Waals surface area (Å²) >= 11 is 5.73. The van der Waals surface area contributed by atoms with E-state index in [9.17, 15) is 8.78 Å². The zero-order valence-corrected chi connectivity index (χ0v) is 9.72. The molecule has 5 nitrogen and oxygen atoms in total. The van der Waals surface area contributed by atoms with Crippen molar-refractivity contribution in [3.63, 3.8) is 0 Å². The molecule has 0 amide bonds. The lowest BCUT2D eigenvalue weighted by Crippen LogP contribution is -2.16. The van der Waals surface area contributed by atoms with Gasteiger partial charge in [0.05, 0.1) is 0 Å². The lowest BCUT2D eigenvalue weighted by molar-refractivity contribution is -0.0498. The van der Waals surface area contributed by atoms with Crippen LogP contribution in [0.3, 0.4) is 0 Å². The molecule has 1 rings (SSSR count). The minimum absolute atomic E-state index is 0.164. The first-order chi connectivity index (χ1) is 7.45. The van der Waals surface area contributed by atoms with E-state index in [0.717, 1.165) is 0 Å². The van der Waals surface area contributed by atoms with Gasteiger partial charge in [-0.1, -0.05) is 11.6 Å². The highest BCUT2D eigenvalue weighted by Gasteiger charge is 2.19. The molecule has 0 radical (unpaired) electrons. The van der Waals surface area contributed by atoms with E-state index < -0.39 is 6.61 Å². The standard InChI is InChI=1S/C8H11ClF2N4O/c1-12-8-13-5(9)4(16-7(10)11)6(14-8)15(2)3/h7H,1-3H3,(H,12,13,14). The maximum atomic E-state index is 12.2. The fourth-order valence-electron chi connectivity index (χ4n) is 1.02. The Morgan fingerprint density at radius 2 is 2.00 bits per heavy atom. The minimum Gasteiger partial charge on any atom is -0.428 e. The SMILES string of the molecule is CNc1nc(Cl)c(OC(F)F)c(N(C)C)n1. The Labute approximate surface area is 96.4 Å². The number of halogens is 3. The molecule has 0 aliphatic heterocycles. The lowest BCUT2D eigenvalue weighted by Gasteiger charge is -2.17. The van der Waals surface area contributed by atoms with Crippen LogP contribution in [-0.4, -0.2) is 37.7 Å². The van der Waals surface area contributed by atoms with Crippen molar-refractivity contribution in [1.29, 1.82) is 0 Å². The van der Waals surface area contributed by atoms with Crippen LogP contribution in [0.5, 0.6) is 5.75 Å². The molecule has 1 aromatic rings. The highest BCUT2D eigenvalue weighted by molar-refractivity contribution is 6.31. The summed E-state index contributed by atoms with van der Waals surface area (Å²) in [6.45, 7) is -2.97. The molecular formula is C8H11ClF2N4O. The van der Waals surface area contributed by atoms with Gasteiger partial charge in [0.1, 0.15) is 0 Å². The van der Waals surface area contributed by atoms with Crippen LogP contribution in [0.1, 0.15) is 0 Å². The quantitative estimate of drug-likeness (QED) is 0.829. The number of alkyl halides is 2. The van der Waals surface area contributed by atoms with E-state index in [1.54, 1.807) is 21.1 Å². The predicted molar refractivity (Wildman–Crippen MR) is 57.5 cm³/mol. The smallest absolute Gasteiger partial charge is 0.387 e. The maximum Gasteiger partial charge on any atom is 0.387 e. The Balaban J connectivity index is 3.22. The molecule has 0 spiro atoms. The van der Waals surface area contributed by atoms with Crippen molar-refractivity contribution in [3.05, 3.63) is 5.15 Å². The fraction of sp³-hybridized carbons (Fsp3) is 0.500. The first kappa shape index (κ1) is 12.7. The van der Waals surface area contributed by atoms with Crippen molar-refractivity contribution in [3.8, 4) is 5.75 Å². The van der Waals surface area contributed by atoms with Crippen LogP contribution in [0.15, 0.2) is 0 Å². The van der Waals surface area contributed by atoms with E-state index in [1.807, 2.05) is 0 Å². The molecule has 0 aliphatic carbocycles. The fourth-order valence-corrected chi connectivity index (χ4v) is 1.23. The summed E-state index contributed by atoms with van der Waals surface area (Å²) in [6.07, 6.45) is 0. The molecule has 0 bridgehead atoms. The highest BCUT2D eigenvalue weighted by Crippen LogP contribution is 2.33. The van der Waals surface area contributed by atoms with Crippen LogP contribution in [-0.2, 0) is 0 Å². The predicted octanol–water partition coefficient (Wildman–Crippen LogP) is 1.84. The average molecular weight is 253 g/mol. The number of anilines is 2. The summed E-state index contributed by atoms with van der Waals surface area (Å²) in [4.78, 5) is 9.22. The number of nitrogens with zero attached hydrogens (tertiary/aromatic N) is 3. The monoisotopic (exact) mass is 252 g/mol. The van der Waals surface area contributed by atoms with Gasteiger partial charge in [0.15, 0.2) is 11.0 Å². The van der Waals surface area contributed by atoms with Crippen molar-refractivity contribution in [1.82, 2.24) is 9.97 Å². The van der Waals surface area contributed by atoms with E-state index in [1.165, 1.54) is 4.90 Å². The summed E-state index contributed by atoms with van der Waals surface area (Å²) in [7, 11) is 4.87. The molecule has 0 aliphatic rings. The molecule has 16 heavy (non-hydrogen) atoms. The van der Waals surface area contributed by atoms with Gasteiger partial charge in [-0.05, 0) is 0 Å². The molecule has 0 atom stereocenters. The maximum absolute atomic E-state index is 12.2. The van der Waals surface area contributed by atoms with Crippen LogP contribution >= 0.6 is 11.6 Å². The van der Waals surface area contributed by atoms with Gasteiger partial charge in [0, 0.05) is 21.1 Å². The summed E-state index contributed by atoms with van der Waals surface area (Å²) in [5.41, 5.74) is 0. The van der Waals surface area contributed by atoms with Crippen LogP contribution in [0, 0.1) is 0 Å². The molecule has 1 N–H and O–H groups in total. The number of nitrogens with one attached hydrogen (secondary N) is 1. The zero-order valence-electron chi connectivity index (χ0n) is 8.96. The average Bonchev–Trinajstić information content (AvgIpc) is 2.19. The van der Waals surface area contributed by atoms with E-state index in [0.29, 0.717) is 0 Å². The Bertz CT molecular complexity index is 375. The van der Waals surface area contributed by atoms with Gasteiger partial charge in [-0.15, -0.1) is 0 Å². The van der Waals surface area contributed by atoms with Crippen molar-refractivity contribution < 1.29 is 13.5 Å². The Hall–Kier alpha value is -1.37. The summed E-state index contributed by atoms with van der Waals surface area (Å²) in [6, 6.07) is 0. The van der Waals surface area contributed by atoms with Crippen molar-refractivity contribution in [2.75, 3.05) is 31.4 Å². The Morgan fingerprint density at radius 3 is 2.44 bits per heavy atom. The van der Waals surface area contributed by atoms with Crippen LogP contribution < -0.4 is 15.0 Å². The van der Waals surface area contributed by atoms with Gasteiger partial charge >= 0.3 is 6.61 Å². The largest absolute Gasteiger partial charge is 0.428 e. The molecule has 8 heteroatoms. The van der Waals surface area contributed by atoms with Gasteiger partial charge < -0.3 is 15.0 Å². The molecule has 0 saturated heterocycles. The first-order valence-corrected chi connectivity index (χ1v) is 4.71. The van der Waals surface area contributed by atoms with E-state index in [2.05, 4.69) is 20.0 Å². The zero-order chi connectivity index (χ0) is 12.3. The van der Waals surface area contributed by atoms with Gasteiger partial charge in [0.25, 0.3) is 0 Å². The van der Waals surface area contributed by atoms with Crippen LogP contribution in [0.4, 0.5) is 20.5 Å². The van der Waals surface area contributed by atoms with Gasteiger partial charge in [-0.3, -0.25) is 0 Å². The highest BCUT2D eigenvalue weighted by atomic mass is 35.5. The van der Waals surface area contributed by atoms with Crippen molar-refractivity contribution in [2.45, 2.75) is 6.61 Å². The third kappa shape index (κ3) is 2.82. The number of ether oxygens (including phenoxy) is 1. The third-order valence-electron chi connectivity index (χ3n) is 1.66. The second-order valence-electron chi connectivity index (χ2n) is 3.01. The normalized spacial score (nSPS) is 10.4. The summed E-state index contributed by atoms with van der Waals surface area (Å²) in [5.74, 6) is 0.181. The molecule has 1 heterocycles. The van der Waals surface area contributed by atoms with E-state index >= 15 is 0 Å². The number of aromatic nitrogens is 2. The van der Waals surface area contributed by atoms with E-state index in [-0.39, 0.29) is 22.7 Å². The number of hydrogen-bond donors (Lipinski definition) is 1. The summed E-state index contributed by atoms with van der Waals surface area (Å²) in [5, 5.41) is 2.50. The molecular weight excluding hydrogens is 242 g/mol. The molecule has 0 fully saturated rings. The summed E-state index contributed by atoms with van der Waals surface area (Å²) < 4.78 is 28.6. The van der Waals surface area contributed by atoms with Gasteiger partial charge in [0.2, 0.25) is 11.7 Å². The Morgan fingerprint density at radius 1 is 1.38 bits per heavy atom. The molecule has 1 aromatic heterocycles. The van der Waals surface area contributed by atoms with Gasteiger partial charge in [-0.25, -0.2) is 0 Å². The Kier molecular flexibility index (Phi) is 4.05. The number of hydrogen-bond acceptors (Lipinski definition) is 5. The van der Waals surface area contributed by atoms with Crippen LogP contribution in [0.2, 0.25) is 5.15 Å². The van der Waals surface area contributed by atoms with Crippen molar-refractivity contribution >= 4 is 23.4 Å². The third-order valence-corrected chi connectivity index (χ3v) is 1.92. The minimum atomic E-state index is -2.97. The van der Waals surface area contributed by atoms with Crippen molar-refractivity contribution in [2.24, 2.45) is 0 Å². The lowest BCUT2D eigenvalue weighted by atomic mass is 10.5. The topological polar surface area (TPSA) is 50.3 Å². The van der Waals surface area contributed by atoms with Gasteiger partial charge in [-0.2, -0.15) is 18.7 Å². The first-order valence-electron chi connectivity index (χ1n) is 4.33. The second kappa shape index (κ2) is 5.11. The molecule has 0 saturated carbocycles. The van der Waals surface area contributed by atoms with E-state index in [4.69, 9.17) is 11.6 Å².